The smallest absolute Gasteiger partial charge is 0.269 e. The number of hydrogen-bond acceptors (Lipinski definition) is 5. The first-order valence-corrected chi connectivity index (χ1v) is 5.86. The van der Waals surface area contributed by atoms with E-state index in [0.29, 0.717) is 5.69 Å². The van der Waals surface area contributed by atoms with Crippen LogP contribution in [-0.2, 0) is 9.59 Å². The maximum absolute atomic E-state index is 11.7. The average molecular weight is 280 g/mol. The minimum atomic E-state index is -0.674. The van der Waals surface area contributed by atoms with Gasteiger partial charge in [-0.3, -0.25) is 19.7 Å². The van der Waals surface area contributed by atoms with E-state index in [1.807, 2.05) is 0 Å². The summed E-state index contributed by atoms with van der Waals surface area (Å²) in [6.45, 7) is 1.39. The summed E-state index contributed by atoms with van der Waals surface area (Å²) >= 11 is 0. The molecule has 1 aromatic carbocycles. The molecule has 0 unspecified atom stereocenters. The zero-order valence-corrected chi connectivity index (χ0v) is 11.2. The summed E-state index contributed by atoms with van der Waals surface area (Å²) in [5.74, 6) is -0.751. The minimum Gasteiger partial charge on any atom is -0.335 e. The van der Waals surface area contributed by atoms with Crippen molar-refractivity contribution in [2.45, 2.75) is 13.0 Å². The van der Waals surface area contributed by atoms with Gasteiger partial charge >= 0.3 is 0 Å². The van der Waals surface area contributed by atoms with Gasteiger partial charge in [-0.1, -0.05) is 0 Å². The van der Waals surface area contributed by atoms with E-state index in [4.69, 9.17) is 5.73 Å². The number of carbonyl (C=O) groups is 2. The lowest BCUT2D eigenvalue weighted by molar-refractivity contribution is -0.384. The minimum absolute atomic E-state index is 0.0627. The Morgan fingerprint density at radius 2 is 1.95 bits per heavy atom. The van der Waals surface area contributed by atoms with Crippen molar-refractivity contribution in [3.8, 4) is 0 Å². The summed E-state index contributed by atoms with van der Waals surface area (Å²) in [7, 11) is 1.47. The van der Waals surface area contributed by atoms with Gasteiger partial charge in [-0.15, -0.1) is 0 Å². The second kappa shape index (κ2) is 6.62. The molecule has 108 valence electrons. The first kappa shape index (κ1) is 15.6. The largest absolute Gasteiger partial charge is 0.335 e. The van der Waals surface area contributed by atoms with E-state index in [-0.39, 0.29) is 18.1 Å². The van der Waals surface area contributed by atoms with Crippen molar-refractivity contribution in [1.82, 2.24) is 4.90 Å². The van der Waals surface area contributed by atoms with Gasteiger partial charge in [-0.2, -0.15) is 0 Å². The van der Waals surface area contributed by atoms with Crippen molar-refractivity contribution in [1.29, 1.82) is 0 Å². The normalized spacial score (nSPS) is 11.6. The molecule has 0 fully saturated rings. The Labute approximate surface area is 115 Å². The van der Waals surface area contributed by atoms with Crippen LogP contribution in [0.3, 0.4) is 0 Å². The molecule has 0 radical (unpaired) electrons. The number of hydrogen-bond donors (Lipinski definition) is 2. The molecule has 20 heavy (non-hydrogen) atoms. The highest BCUT2D eigenvalue weighted by Gasteiger charge is 2.16. The molecule has 0 heterocycles. The van der Waals surface area contributed by atoms with Crippen LogP contribution in [0.2, 0.25) is 0 Å². The fourth-order valence-corrected chi connectivity index (χ4v) is 1.51. The zero-order valence-electron chi connectivity index (χ0n) is 11.2. The van der Waals surface area contributed by atoms with Crippen molar-refractivity contribution in [3.05, 3.63) is 34.4 Å². The number of carbonyl (C=O) groups excluding carboxylic acids is 2. The first-order valence-electron chi connectivity index (χ1n) is 5.86. The number of non-ortho nitro benzene ring substituents is 1. The standard InChI is InChI=1S/C12H16N4O4/c1-8(13)12(18)15(2)7-11(17)14-9-3-5-10(6-4-9)16(19)20/h3-6,8H,7,13H2,1-2H3,(H,14,17)/t8-/m0/s1. The predicted molar refractivity (Wildman–Crippen MR) is 73.0 cm³/mol. The molecule has 2 amide bonds. The van der Waals surface area contributed by atoms with Crippen LogP contribution in [-0.4, -0.2) is 41.3 Å². The Bertz CT molecular complexity index is 513. The number of benzene rings is 1. The van der Waals surface area contributed by atoms with Crippen LogP contribution in [0.5, 0.6) is 0 Å². The molecule has 0 saturated carbocycles. The number of likely N-dealkylation sites (N-methyl/N-ethyl adjacent to an activating group) is 1. The topological polar surface area (TPSA) is 119 Å². The third kappa shape index (κ3) is 4.32. The lowest BCUT2D eigenvalue weighted by Crippen LogP contribution is -2.43. The van der Waals surface area contributed by atoms with Crippen molar-refractivity contribution in [3.63, 3.8) is 0 Å². The maximum Gasteiger partial charge on any atom is 0.269 e. The Balaban J connectivity index is 2.58. The molecule has 0 spiro atoms. The molecule has 3 N–H and O–H groups in total. The Morgan fingerprint density at radius 3 is 2.40 bits per heavy atom. The molecule has 0 saturated heterocycles. The number of nitrogens with one attached hydrogen (secondary N) is 1. The van der Waals surface area contributed by atoms with Crippen molar-refractivity contribution in [2.24, 2.45) is 5.73 Å². The van der Waals surface area contributed by atoms with Crippen molar-refractivity contribution in [2.75, 3.05) is 18.9 Å². The van der Waals surface area contributed by atoms with Crippen LogP contribution >= 0.6 is 0 Å². The van der Waals surface area contributed by atoms with Gasteiger partial charge in [0, 0.05) is 24.9 Å². The summed E-state index contributed by atoms with van der Waals surface area (Å²) in [5, 5.41) is 13.0. The fraction of sp³-hybridized carbons (Fsp3) is 0.333. The molecular weight excluding hydrogens is 264 g/mol. The highest BCUT2D eigenvalue weighted by atomic mass is 16.6. The molecule has 0 aliphatic heterocycles. The summed E-state index contributed by atoms with van der Waals surface area (Å²) in [4.78, 5) is 34.4. The third-order valence-electron chi connectivity index (χ3n) is 2.51. The molecule has 1 rings (SSSR count). The monoisotopic (exact) mass is 280 g/mol. The van der Waals surface area contributed by atoms with Crippen LogP contribution < -0.4 is 11.1 Å². The summed E-state index contributed by atoms with van der Waals surface area (Å²) in [6, 6.07) is 4.73. The van der Waals surface area contributed by atoms with Gasteiger partial charge in [0.2, 0.25) is 11.8 Å². The molecule has 8 nitrogen and oxygen atoms in total. The van der Waals surface area contributed by atoms with Crippen LogP contribution in [0.15, 0.2) is 24.3 Å². The van der Waals surface area contributed by atoms with E-state index < -0.39 is 16.9 Å². The lowest BCUT2D eigenvalue weighted by atomic mass is 10.3. The molecule has 8 heteroatoms. The number of nitrogens with two attached hydrogens (primary N) is 1. The van der Waals surface area contributed by atoms with E-state index in [9.17, 15) is 19.7 Å². The van der Waals surface area contributed by atoms with E-state index >= 15 is 0 Å². The second-order valence-corrected chi connectivity index (χ2v) is 4.34. The number of rotatable bonds is 5. The number of anilines is 1. The van der Waals surface area contributed by atoms with E-state index in [0.717, 1.165) is 0 Å². The molecule has 0 aromatic heterocycles. The van der Waals surface area contributed by atoms with Gasteiger partial charge in [0.15, 0.2) is 0 Å². The molecule has 0 bridgehead atoms. The maximum atomic E-state index is 11.7. The van der Waals surface area contributed by atoms with E-state index in [1.165, 1.54) is 43.1 Å². The Hall–Kier alpha value is -2.48. The van der Waals surface area contributed by atoms with Crippen LogP contribution in [0.1, 0.15) is 6.92 Å². The summed E-state index contributed by atoms with van der Waals surface area (Å²) in [5.41, 5.74) is 5.78. The SMILES string of the molecule is C[C@H](N)C(=O)N(C)CC(=O)Nc1ccc([N+](=O)[O-])cc1. The van der Waals surface area contributed by atoms with Gasteiger partial charge in [-0.05, 0) is 19.1 Å². The van der Waals surface area contributed by atoms with Crippen LogP contribution in [0, 0.1) is 10.1 Å². The summed E-state index contributed by atoms with van der Waals surface area (Å²) in [6.07, 6.45) is 0. The number of amides is 2. The summed E-state index contributed by atoms with van der Waals surface area (Å²) < 4.78 is 0. The zero-order chi connectivity index (χ0) is 15.3. The molecule has 1 aromatic rings. The number of nitrogens with zero attached hydrogens (tertiary/aromatic N) is 2. The lowest BCUT2D eigenvalue weighted by Gasteiger charge is -2.18. The first-order chi connectivity index (χ1) is 9.31. The van der Waals surface area contributed by atoms with Gasteiger partial charge in [0.25, 0.3) is 5.69 Å². The predicted octanol–water partition coefficient (Wildman–Crippen LogP) is 0.339. The highest BCUT2D eigenvalue weighted by molar-refractivity contribution is 5.95. The van der Waals surface area contributed by atoms with Gasteiger partial charge in [0.05, 0.1) is 17.5 Å². The van der Waals surface area contributed by atoms with Gasteiger partial charge in [-0.25, -0.2) is 0 Å². The number of nitro benzene ring substituents is 1. The third-order valence-corrected chi connectivity index (χ3v) is 2.51. The van der Waals surface area contributed by atoms with E-state index in [2.05, 4.69) is 5.32 Å². The van der Waals surface area contributed by atoms with Gasteiger partial charge in [0.1, 0.15) is 0 Å². The van der Waals surface area contributed by atoms with Crippen molar-refractivity contribution < 1.29 is 14.5 Å². The van der Waals surface area contributed by atoms with E-state index in [1.54, 1.807) is 0 Å². The second-order valence-electron chi connectivity index (χ2n) is 4.34. The van der Waals surface area contributed by atoms with Crippen molar-refractivity contribution >= 4 is 23.2 Å². The Morgan fingerprint density at radius 1 is 1.40 bits per heavy atom. The van der Waals surface area contributed by atoms with Crippen LogP contribution in [0.4, 0.5) is 11.4 Å². The highest BCUT2D eigenvalue weighted by Crippen LogP contribution is 2.15. The average Bonchev–Trinajstić information content (AvgIpc) is 2.37. The Kier molecular flexibility index (Phi) is 5.15. The molecule has 0 aliphatic rings. The van der Waals surface area contributed by atoms with Crippen LogP contribution in [0.25, 0.3) is 0 Å². The molecule has 1 atom stereocenters. The molecular formula is C12H16N4O4. The van der Waals surface area contributed by atoms with Gasteiger partial charge < -0.3 is 16.0 Å². The number of nitro groups is 1. The quantitative estimate of drug-likeness (QED) is 0.595. The molecule has 0 aliphatic carbocycles. The fourth-order valence-electron chi connectivity index (χ4n) is 1.51.